The van der Waals surface area contributed by atoms with E-state index in [0.717, 1.165) is 36.0 Å². The van der Waals surface area contributed by atoms with Gasteiger partial charge in [-0.15, -0.1) is 0 Å². The van der Waals surface area contributed by atoms with E-state index >= 15 is 0 Å². The fraction of sp³-hybridized carbons (Fsp3) is 0.286. The minimum Gasteiger partial charge on any atom is -0.481 e. The molecular weight excluding hydrogens is 422 g/mol. The maximum absolute atomic E-state index is 12.8. The van der Waals surface area contributed by atoms with E-state index in [1.165, 1.54) is 13.2 Å². The number of pyridine rings is 1. The van der Waals surface area contributed by atoms with Crippen LogP contribution in [0.1, 0.15) is 28.9 Å². The summed E-state index contributed by atoms with van der Waals surface area (Å²) in [6.45, 7) is 1.64. The van der Waals surface area contributed by atoms with Crippen molar-refractivity contribution in [1.29, 1.82) is 0 Å². The van der Waals surface area contributed by atoms with Gasteiger partial charge in [0.25, 0.3) is 0 Å². The Bertz CT molecular complexity index is 875. The summed E-state index contributed by atoms with van der Waals surface area (Å²) in [6.07, 6.45) is 4.73. The average Bonchev–Trinajstić information content (AvgIpc) is 2.74. The monoisotopic (exact) mass is 443 g/mol. The molecule has 1 aliphatic rings. The van der Waals surface area contributed by atoms with Gasteiger partial charge in [-0.1, -0.05) is 34.1 Å². The Morgan fingerprint density at radius 1 is 1.18 bits per heavy atom. The number of anilines is 1. The molecule has 2 heterocycles. The fourth-order valence-corrected chi connectivity index (χ4v) is 3.25. The van der Waals surface area contributed by atoms with E-state index in [1.807, 2.05) is 24.3 Å². The van der Waals surface area contributed by atoms with Gasteiger partial charge < -0.3 is 15.4 Å². The van der Waals surface area contributed by atoms with E-state index in [4.69, 9.17) is 4.74 Å². The smallest absolute Gasteiger partial charge is 0.227 e. The SMILES string of the molecule is COc1ccc(NC(=O)C2CCNCC2)c(C(=O)/C=C/c2ccc(Br)cc2)n1. The van der Waals surface area contributed by atoms with Crippen LogP contribution >= 0.6 is 15.9 Å². The Morgan fingerprint density at radius 2 is 1.89 bits per heavy atom. The average molecular weight is 444 g/mol. The Hall–Kier alpha value is -2.51. The molecule has 2 N–H and O–H groups in total. The zero-order chi connectivity index (χ0) is 19.9. The summed E-state index contributed by atoms with van der Waals surface area (Å²) in [5.41, 5.74) is 1.45. The second-order valence-electron chi connectivity index (χ2n) is 6.51. The number of ketones is 1. The van der Waals surface area contributed by atoms with Gasteiger partial charge in [-0.25, -0.2) is 4.98 Å². The first-order chi connectivity index (χ1) is 13.6. The van der Waals surface area contributed by atoms with E-state index in [2.05, 4.69) is 31.5 Å². The van der Waals surface area contributed by atoms with E-state index < -0.39 is 0 Å². The normalized spacial score (nSPS) is 14.8. The van der Waals surface area contributed by atoms with Gasteiger partial charge in [-0.2, -0.15) is 0 Å². The summed E-state index contributed by atoms with van der Waals surface area (Å²) in [5, 5.41) is 6.11. The Labute approximate surface area is 172 Å². The summed E-state index contributed by atoms with van der Waals surface area (Å²) < 4.78 is 6.11. The van der Waals surface area contributed by atoms with Crippen molar-refractivity contribution < 1.29 is 14.3 Å². The number of piperidine rings is 1. The molecule has 1 aromatic carbocycles. The second-order valence-corrected chi connectivity index (χ2v) is 7.43. The number of aromatic nitrogens is 1. The van der Waals surface area contributed by atoms with Gasteiger partial charge >= 0.3 is 0 Å². The van der Waals surface area contributed by atoms with Crippen molar-refractivity contribution >= 4 is 39.4 Å². The highest BCUT2D eigenvalue weighted by Gasteiger charge is 2.23. The Balaban J connectivity index is 1.80. The van der Waals surface area contributed by atoms with Gasteiger partial charge in [0, 0.05) is 16.5 Å². The zero-order valence-electron chi connectivity index (χ0n) is 15.6. The van der Waals surface area contributed by atoms with Crippen LogP contribution in [0, 0.1) is 5.92 Å². The van der Waals surface area contributed by atoms with Crippen LogP contribution in [0.3, 0.4) is 0 Å². The number of nitrogens with zero attached hydrogens (tertiary/aromatic N) is 1. The molecule has 6 nitrogen and oxygen atoms in total. The Morgan fingerprint density at radius 3 is 2.57 bits per heavy atom. The van der Waals surface area contributed by atoms with Crippen molar-refractivity contribution in [3.8, 4) is 5.88 Å². The molecule has 0 unspecified atom stereocenters. The first kappa shape index (κ1) is 20.2. The third-order valence-corrected chi connectivity index (χ3v) is 5.11. The fourth-order valence-electron chi connectivity index (χ4n) is 2.99. The number of hydrogen-bond donors (Lipinski definition) is 2. The maximum atomic E-state index is 12.8. The number of rotatable bonds is 6. The highest BCUT2D eigenvalue weighted by atomic mass is 79.9. The Kier molecular flexibility index (Phi) is 6.95. The topological polar surface area (TPSA) is 80.3 Å². The molecule has 0 aliphatic carbocycles. The van der Waals surface area contributed by atoms with Crippen LogP contribution in [-0.4, -0.2) is 36.9 Å². The lowest BCUT2D eigenvalue weighted by Gasteiger charge is -2.22. The van der Waals surface area contributed by atoms with Crippen LogP contribution in [0.4, 0.5) is 5.69 Å². The van der Waals surface area contributed by atoms with Crippen molar-refractivity contribution in [1.82, 2.24) is 10.3 Å². The molecule has 28 heavy (non-hydrogen) atoms. The van der Waals surface area contributed by atoms with E-state index in [-0.39, 0.29) is 23.3 Å². The molecule has 3 rings (SSSR count). The molecule has 146 valence electrons. The predicted octanol–water partition coefficient (Wildman–Crippen LogP) is 3.69. The number of ether oxygens (including phenoxy) is 1. The number of carbonyl (C=O) groups is 2. The van der Waals surface area contributed by atoms with Crippen LogP contribution in [-0.2, 0) is 4.79 Å². The van der Waals surface area contributed by atoms with Crippen molar-refractivity contribution in [2.75, 3.05) is 25.5 Å². The first-order valence-corrected chi connectivity index (χ1v) is 9.90. The zero-order valence-corrected chi connectivity index (χ0v) is 17.2. The van der Waals surface area contributed by atoms with Crippen molar-refractivity contribution in [2.24, 2.45) is 5.92 Å². The van der Waals surface area contributed by atoms with Gasteiger partial charge in [0.15, 0.2) is 0 Å². The summed E-state index contributed by atoms with van der Waals surface area (Å²) in [4.78, 5) is 29.6. The number of amides is 1. The number of nitrogens with one attached hydrogen (secondary N) is 2. The number of allylic oxidation sites excluding steroid dienone is 1. The van der Waals surface area contributed by atoms with Crippen molar-refractivity contribution in [3.63, 3.8) is 0 Å². The standard InChI is InChI=1S/C21H22BrN3O3/c1-28-19-9-7-17(24-21(27)15-10-12-23-13-11-15)20(25-19)18(26)8-4-14-2-5-16(22)6-3-14/h2-9,15,23H,10-13H2,1H3,(H,24,27)/b8-4+. The highest BCUT2D eigenvalue weighted by molar-refractivity contribution is 9.10. The van der Waals surface area contributed by atoms with E-state index in [0.29, 0.717) is 11.6 Å². The molecule has 1 aliphatic heterocycles. The number of halogens is 1. The van der Waals surface area contributed by atoms with Gasteiger partial charge in [0.2, 0.25) is 17.6 Å². The minimum atomic E-state index is -0.303. The summed E-state index contributed by atoms with van der Waals surface area (Å²) in [5.74, 6) is -0.133. The molecule has 0 spiro atoms. The number of methoxy groups -OCH3 is 1. The lowest BCUT2D eigenvalue weighted by atomic mass is 9.97. The minimum absolute atomic E-state index is 0.0652. The number of benzene rings is 1. The summed E-state index contributed by atoms with van der Waals surface area (Å²) in [6, 6.07) is 10.9. The third kappa shape index (κ3) is 5.27. The summed E-state index contributed by atoms with van der Waals surface area (Å²) in [7, 11) is 1.49. The lowest BCUT2D eigenvalue weighted by molar-refractivity contribution is -0.120. The molecule has 2 aromatic rings. The molecule has 0 bridgehead atoms. The molecule has 1 fully saturated rings. The largest absolute Gasteiger partial charge is 0.481 e. The van der Waals surface area contributed by atoms with Gasteiger partial charge in [0.05, 0.1) is 12.8 Å². The quantitative estimate of drug-likeness (QED) is 0.525. The van der Waals surface area contributed by atoms with Crippen LogP contribution < -0.4 is 15.4 Å². The third-order valence-electron chi connectivity index (χ3n) is 4.58. The first-order valence-electron chi connectivity index (χ1n) is 9.11. The second kappa shape index (κ2) is 9.61. The van der Waals surface area contributed by atoms with Crippen LogP contribution in [0.2, 0.25) is 0 Å². The lowest BCUT2D eigenvalue weighted by Crippen LogP contribution is -2.34. The molecule has 0 radical (unpaired) electrons. The van der Waals surface area contributed by atoms with Crippen LogP contribution in [0.25, 0.3) is 6.08 Å². The van der Waals surface area contributed by atoms with E-state index in [9.17, 15) is 9.59 Å². The van der Waals surface area contributed by atoms with Gasteiger partial charge in [-0.05, 0) is 55.8 Å². The predicted molar refractivity (Wildman–Crippen MR) is 113 cm³/mol. The number of hydrogen-bond acceptors (Lipinski definition) is 5. The van der Waals surface area contributed by atoms with E-state index in [1.54, 1.807) is 18.2 Å². The highest BCUT2D eigenvalue weighted by Crippen LogP contribution is 2.22. The summed E-state index contributed by atoms with van der Waals surface area (Å²) >= 11 is 3.38. The molecular formula is C21H22BrN3O3. The maximum Gasteiger partial charge on any atom is 0.227 e. The molecule has 1 amide bonds. The molecule has 1 saturated heterocycles. The van der Waals surface area contributed by atoms with Crippen LogP contribution in [0.15, 0.2) is 46.9 Å². The molecule has 7 heteroatoms. The van der Waals surface area contributed by atoms with Gasteiger partial charge in [0.1, 0.15) is 5.69 Å². The molecule has 1 aromatic heterocycles. The van der Waals surface area contributed by atoms with Gasteiger partial charge in [-0.3, -0.25) is 9.59 Å². The van der Waals surface area contributed by atoms with Crippen molar-refractivity contribution in [3.05, 3.63) is 58.2 Å². The molecule has 0 atom stereocenters. The van der Waals surface area contributed by atoms with Crippen LogP contribution in [0.5, 0.6) is 5.88 Å². The molecule has 0 saturated carbocycles. The number of carbonyl (C=O) groups excluding carboxylic acids is 2. The van der Waals surface area contributed by atoms with Crippen molar-refractivity contribution in [2.45, 2.75) is 12.8 Å².